The van der Waals surface area contributed by atoms with Crippen LogP contribution in [0.2, 0.25) is 0 Å². The Bertz CT molecular complexity index is 653. The normalized spacial score (nSPS) is 20.6. The first-order valence-corrected chi connectivity index (χ1v) is 8.05. The molecule has 2 atom stereocenters. The summed E-state index contributed by atoms with van der Waals surface area (Å²) in [6, 6.07) is 9.62. The Hall–Kier alpha value is -2.14. The van der Waals surface area contributed by atoms with Crippen molar-refractivity contribution in [2.24, 2.45) is 5.92 Å². The van der Waals surface area contributed by atoms with Gasteiger partial charge in [-0.1, -0.05) is 24.6 Å². The summed E-state index contributed by atoms with van der Waals surface area (Å²) < 4.78 is 5.46. The molecule has 1 fully saturated rings. The number of amides is 1. The zero-order valence-electron chi connectivity index (χ0n) is 13.3. The molecular formula is C18H22N2O3. The second-order valence-electron chi connectivity index (χ2n) is 6.22. The van der Waals surface area contributed by atoms with Crippen molar-refractivity contribution in [2.75, 3.05) is 13.6 Å². The van der Waals surface area contributed by atoms with Gasteiger partial charge in [0.1, 0.15) is 6.26 Å². The van der Waals surface area contributed by atoms with E-state index >= 15 is 0 Å². The Labute approximate surface area is 135 Å². The Morgan fingerprint density at radius 2 is 2.13 bits per heavy atom. The number of carbonyl (C=O) groups excluding carboxylic acids is 1. The Morgan fingerprint density at radius 1 is 1.35 bits per heavy atom. The predicted molar refractivity (Wildman–Crippen MR) is 86.6 cm³/mol. The Balaban J connectivity index is 1.58. The van der Waals surface area contributed by atoms with Gasteiger partial charge in [0.15, 0.2) is 0 Å². The number of aromatic nitrogens is 1. The standard InChI is InChI=1S/C18H22N2O3/c1-20(11-14-8-5-9-16(14)21)17(22)10-15-12-23-18(19-15)13-6-3-2-4-7-13/h2-4,6-7,12,14,16,21H,5,8-11H2,1H3. The molecule has 5 nitrogen and oxygen atoms in total. The fourth-order valence-electron chi connectivity index (χ4n) is 3.08. The summed E-state index contributed by atoms with van der Waals surface area (Å²) in [5, 5.41) is 9.87. The van der Waals surface area contributed by atoms with Crippen LogP contribution in [0.5, 0.6) is 0 Å². The van der Waals surface area contributed by atoms with E-state index in [9.17, 15) is 9.90 Å². The van der Waals surface area contributed by atoms with E-state index in [-0.39, 0.29) is 24.3 Å². The molecule has 1 heterocycles. The summed E-state index contributed by atoms with van der Waals surface area (Å²) in [6.07, 6.45) is 4.35. The van der Waals surface area contributed by atoms with Crippen LogP contribution in [0.25, 0.3) is 11.5 Å². The maximum atomic E-state index is 12.3. The summed E-state index contributed by atoms with van der Waals surface area (Å²) in [5.74, 6) is 0.723. The van der Waals surface area contributed by atoms with Gasteiger partial charge >= 0.3 is 0 Å². The highest BCUT2D eigenvalue weighted by molar-refractivity contribution is 5.78. The van der Waals surface area contributed by atoms with Gasteiger partial charge in [-0.25, -0.2) is 4.98 Å². The van der Waals surface area contributed by atoms with Gasteiger partial charge in [0.05, 0.1) is 18.2 Å². The molecule has 1 amide bonds. The van der Waals surface area contributed by atoms with Crippen molar-refractivity contribution in [3.63, 3.8) is 0 Å². The summed E-state index contributed by atoms with van der Waals surface area (Å²) >= 11 is 0. The minimum absolute atomic E-state index is 0.00277. The highest BCUT2D eigenvalue weighted by atomic mass is 16.3. The van der Waals surface area contributed by atoms with Gasteiger partial charge < -0.3 is 14.4 Å². The first-order valence-electron chi connectivity index (χ1n) is 8.05. The van der Waals surface area contributed by atoms with Gasteiger partial charge in [0, 0.05) is 25.1 Å². The van der Waals surface area contributed by atoms with E-state index < -0.39 is 0 Å². The van der Waals surface area contributed by atoms with Crippen molar-refractivity contribution < 1.29 is 14.3 Å². The largest absolute Gasteiger partial charge is 0.444 e. The Morgan fingerprint density at radius 3 is 2.83 bits per heavy atom. The van der Waals surface area contributed by atoms with Crippen LogP contribution in [0.3, 0.4) is 0 Å². The van der Waals surface area contributed by atoms with Crippen molar-refractivity contribution in [1.29, 1.82) is 0 Å². The number of benzene rings is 1. The van der Waals surface area contributed by atoms with Crippen LogP contribution in [0, 0.1) is 5.92 Å². The third-order valence-electron chi connectivity index (χ3n) is 4.46. The molecule has 2 unspecified atom stereocenters. The van der Waals surface area contributed by atoms with Crippen LogP contribution >= 0.6 is 0 Å². The van der Waals surface area contributed by atoms with E-state index in [0.717, 1.165) is 24.8 Å². The first-order chi connectivity index (χ1) is 11.1. The second kappa shape index (κ2) is 6.96. The third kappa shape index (κ3) is 3.79. The zero-order valence-corrected chi connectivity index (χ0v) is 13.3. The van der Waals surface area contributed by atoms with E-state index in [4.69, 9.17) is 4.42 Å². The minimum atomic E-state index is -0.276. The lowest BCUT2D eigenvalue weighted by molar-refractivity contribution is -0.130. The number of aliphatic hydroxyl groups is 1. The van der Waals surface area contributed by atoms with Crippen molar-refractivity contribution in [1.82, 2.24) is 9.88 Å². The van der Waals surface area contributed by atoms with Crippen molar-refractivity contribution in [2.45, 2.75) is 31.8 Å². The summed E-state index contributed by atoms with van der Waals surface area (Å²) in [5.41, 5.74) is 1.53. The number of carbonyl (C=O) groups is 1. The minimum Gasteiger partial charge on any atom is -0.444 e. The van der Waals surface area contributed by atoms with E-state index in [1.54, 1.807) is 18.2 Å². The zero-order chi connectivity index (χ0) is 16.2. The molecule has 5 heteroatoms. The fourth-order valence-corrected chi connectivity index (χ4v) is 3.08. The fraction of sp³-hybridized carbons (Fsp3) is 0.444. The second-order valence-corrected chi connectivity index (χ2v) is 6.22. The number of oxazole rings is 1. The quantitative estimate of drug-likeness (QED) is 0.921. The molecule has 1 saturated carbocycles. The lowest BCUT2D eigenvalue weighted by Crippen LogP contribution is -2.35. The number of rotatable bonds is 5. The molecule has 2 aromatic rings. The molecule has 23 heavy (non-hydrogen) atoms. The first kappa shape index (κ1) is 15.7. The van der Waals surface area contributed by atoms with E-state index in [2.05, 4.69) is 4.98 Å². The average molecular weight is 314 g/mol. The van der Waals surface area contributed by atoms with E-state index in [0.29, 0.717) is 18.1 Å². The molecule has 1 aromatic carbocycles. The third-order valence-corrected chi connectivity index (χ3v) is 4.46. The monoisotopic (exact) mass is 314 g/mol. The van der Waals surface area contributed by atoms with Gasteiger partial charge in [-0.15, -0.1) is 0 Å². The van der Waals surface area contributed by atoms with Crippen LogP contribution in [-0.2, 0) is 11.2 Å². The molecule has 0 spiro atoms. The predicted octanol–water partition coefficient (Wildman–Crippen LogP) is 2.50. The van der Waals surface area contributed by atoms with Crippen LogP contribution in [0.15, 0.2) is 41.0 Å². The highest BCUT2D eigenvalue weighted by Crippen LogP contribution is 2.26. The van der Waals surface area contributed by atoms with Crippen LogP contribution in [0.4, 0.5) is 0 Å². The maximum Gasteiger partial charge on any atom is 0.228 e. The van der Waals surface area contributed by atoms with Crippen LogP contribution < -0.4 is 0 Å². The summed E-state index contributed by atoms with van der Waals surface area (Å²) in [6.45, 7) is 0.601. The van der Waals surface area contributed by atoms with Crippen LogP contribution in [0.1, 0.15) is 25.0 Å². The van der Waals surface area contributed by atoms with E-state index in [1.165, 1.54) is 0 Å². The Kier molecular flexibility index (Phi) is 4.76. The van der Waals surface area contributed by atoms with Crippen molar-refractivity contribution >= 4 is 5.91 Å². The molecule has 0 radical (unpaired) electrons. The molecule has 1 aliphatic carbocycles. The highest BCUT2D eigenvalue weighted by Gasteiger charge is 2.27. The molecule has 0 bridgehead atoms. The number of likely N-dealkylation sites (N-methyl/N-ethyl adjacent to an activating group) is 1. The van der Waals surface area contributed by atoms with E-state index in [1.807, 2.05) is 30.3 Å². The van der Waals surface area contributed by atoms with Gasteiger partial charge in [0.25, 0.3) is 0 Å². The smallest absolute Gasteiger partial charge is 0.228 e. The SMILES string of the molecule is CN(CC1CCCC1O)C(=O)Cc1coc(-c2ccccc2)n1. The summed E-state index contributed by atoms with van der Waals surface area (Å²) in [7, 11) is 1.78. The van der Waals surface area contributed by atoms with Gasteiger partial charge in [-0.2, -0.15) is 0 Å². The van der Waals surface area contributed by atoms with Crippen molar-refractivity contribution in [3.05, 3.63) is 42.3 Å². The molecule has 1 aromatic heterocycles. The lowest BCUT2D eigenvalue weighted by atomic mass is 10.1. The number of hydrogen-bond donors (Lipinski definition) is 1. The van der Waals surface area contributed by atoms with Gasteiger partial charge in [-0.05, 0) is 25.0 Å². The molecule has 1 N–H and O–H groups in total. The topological polar surface area (TPSA) is 66.6 Å². The van der Waals surface area contributed by atoms with Gasteiger partial charge in [0.2, 0.25) is 11.8 Å². The molecule has 1 aliphatic rings. The molecule has 122 valence electrons. The van der Waals surface area contributed by atoms with Crippen LogP contribution in [-0.4, -0.2) is 40.6 Å². The van der Waals surface area contributed by atoms with Gasteiger partial charge in [-0.3, -0.25) is 4.79 Å². The number of nitrogens with zero attached hydrogens (tertiary/aromatic N) is 2. The molecular weight excluding hydrogens is 292 g/mol. The molecule has 0 aliphatic heterocycles. The molecule has 3 rings (SSSR count). The van der Waals surface area contributed by atoms with Crippen molar-refractivity contribution in [3.8, 4) is 11.5 Å². The molecule has 0 saturated heterocycles. The lowest BCUT2D eigenvalue weighted by Gasteiger charge is -2.23. The summed E-state index contributed by atoms with van der Waals surface area (Å²) in [4.78, 5) is 18.4. The number of hydrogen-bond acceptors (Lipinski definition) is 4. The maximum absolute atomic E-state index is 12.3. The number of aliphatic hydroxyl groups excluding tert-OH is 1. The average Bonchev–Trinajstić information content (AvgIpc) is 3.18.